The second-order valence-corrected chi connectivity index (χ2v) is 4.78. The van der Waals surface area contributed by atoms with Gasteiger partial charge in [0.25, 0.3) is 5.91 Å². The molecule has 0 saturated carbocycles. The van der Waals surface area contributed by atoms with Gasteiger partial charge < -0.3 is 10.7 Å². The Balaban J connectivity index is 2.00. The number of fused-ring (bicyclic) bond motifs is 1. The summed E-state index contributed by atoms with van der Waals surface area (Å²) in [5.74, 6) is -0.743. The molecule has 0 fully saturated rings. The second-order valence-electron chi connectivity index (χ2n) is 4.78. The Morgan fingerprint density at radius 2 is 2.22 bits per heavy atom. The van der Waals surface area contributed by atoms with Crippen molar-refractivity contribution in [3.8, 4) is 17.5 Å². The molecule has 0 unspecified atom stereocenters. The Labute approximate surface area is 131 Å². The molecule has 0 bridgehead atoms. The van der Waals surface area contributed by atoms with Crippen molar-refractivity contribution in [2.24, 2.45) is 5.73 Å². The van der Waals surface area contributed by atoms with Crippen molar-refractivity contribution in [1.29, 1.82) is 5.26 Å². The van der Waals surface area contributed by atoms with Crippen LogP contribution in [0.2, 0.25) is 0 Å². The monoisotopic (exact) mass is 304 g/mol. The molecule has 7 nitrogen and oxygen atoms in total. The van der Waals surface area contributed by atoms with Gasteiger partial charge >= 0.3 is 0 Å². The van der Waals surface area contributed by atoms with Crippen LogP contribution in [0.5, 0.6) is 0 Å². The number of aromatic amines is 1. The van der Waals surface area contributed by atoms with Gasteiger partial charge in [0.15, 0.2) is 5.65 Å². The van der Waals surface area contributed by atoms with E-state index in [9.17, 15) is 4.79 Å². The fourth-order valence-electron chi connectivity index (χ4n) is 2.15. The van der Waals surface area contributed by atoms with Gasteiger partial charge in [-0.3, -0.25) is 9.78 Å². The van der Waals surface area contributed by atoms with E-state index in [0.29, 0.717) is 23.3 Å². The highest BCUT2D eigenvalue weighted by Gasteiger charge is 2.10. The molecule has 0 spiro atoms. The number of nitriles is 1. The standard InChI is InChI=1S/C16H12N6O/c17-7-10(15(18)23)4-5-11-8-20-16-14(11)22-13(9-21-16)12-3-1-2-6-19-12/h1-4,6,8-9H,5H2,(H2,18,23)(H,20,21). The lowest BCUT2D eigenvalue weighted by atomic mass is 10.1. The molecular weight excluding hydrogens is 292 g/mol. The molecule has 7 heteroatoms. The maximum Gasteiger partial charge on any atom is 0.259 e. The van der Waals surface area contributed by atoms with E-state index in [1.807, 2.05) is 18.2 Å². The molecular formula is C16H12N6O. The van der Waals surface area contributed by atoms with Crippen LogP contribution in [-0.2, 0) is 11.2 Å². The minimum absolute atomic E-state index is 0.0758. The molecule has 112 valence electrons. The first-order chi connectivity index (χ1) is 11.2. The molecule has 3 rings (SSSR count). The lowest BCUT2D eigenvalue weighted by Gasteiger charge is -2.00. The number of amides is 1. The highest BCUT2D eigenvalue weighted by Crippen LogP contribution is 2.20. The van der Waals surface area contributed by atoms with Crippen molar-refractivity contribution in [2.75, 3.05) is 0 Å². The zero-order valence-electron chi connectivity index (χ0n) is 12.0. The van der Waals surface area contributed by atoms with E-state index in [2.05, 4.69) is 19.9 Å². The quantitative estimate of drug-likeness (QED) is 0.558. The van der Waals surface area contributed by atoms with Crippen molar-refractivity contribution in [1.82, 2.24) is 19.9 Å². The fourth-order valence-corrected chi connectivity index (χ4v) is 2.15. The highest BCUT2D eigenvalue weighted by molar-refractivity contribution is 5.96. The lowest BCUT2D eigenvalue weighted by Crippen LogP contribution is -2.12. The van der Waals surface area contributed by atoms with Crippen LogP contribution in [0.4, 0.5) is 0 Å². The molecule has 0 aliphatic heterocycles. The number of carbonyl (C=O) groups excluding carboxylic acids is 1. The second kappa shape index (κ2) is 6.07. The third-order valence-electron chi connectivity index (χ3n) is 3.30. The summed E-state index contributed by atoms with van der Waals surface area (Å²) < 4.78 is 0. The van der Waals surface area contributed by atoms with E-state index in [4.69, 9.17) is 11.0 Å². The molecule has 3 aromatic heterocycles. The normalized spacial score (nSPS) is 11.3. The number of pyridine rings is 1. The van der Waals surface area contributed by atoms with E-state index in [1.165, 1.54) is 6.08 Å². The van der Waals surface area contributed by atoms with Gasteiger partial charge in [-0.15, -0.1) is 0 Å². The molecule has 3 N–H and O–H groups in total. The van der Waals surface area contributed by atoms with Crippen LogP contribution in [0, 0.1) is 11.3 Å². The van der Waals surface area contributed by atoms with Gasteiger partial charge in [-0.1, -0.05) is 12.1 Å². The van der Waals surface area contributed by atoms with Crippen molar-refractivity contribution >= 4 is 17.1 Å². The molecule has 0 radical (unpaired) electrons. The number of H-pyrrole nitrogens is 1. The highest BCUT2D eigenvalue weighted by atomic mass is 16.1. The van der Waals surface area contributed by atoms with Crippen LogP contribution >= 0.6 is 0 Å². The number of nitrogens with one attached hydrogen (secondary N) is 1. The van der Waals surface area contributed by atoms with Crippen LogP contribution in [0.15, 0.2) is 48.4 Å². The van der Waals surface area contributed by atoms with E-state index in [1.54, 1.807) is 24.7 Å². The Morgan fingerprint density at radius 1 is 1.35 bits per heavy atom. The summed E-state index contributed by atoms with van der Waals surface area (Å²) in [6.45, 7) is 0. The molecule has 0 saturated heterocycles. The number of hydrogen-bond acceptors (Lipinski definition) is 5. The first-order valence-electron chi connectivity index (χ1n) is 6.83. The topological polar surface area (TPSA) is 121 Å². The van der Waals surface area contributed by atoms with E-state index < -0.39 is 5.91 Å². The number of primary amides is 1. The van der Waals surface area contributed by atoms with Gasteiger partial charge in [-0.2, -0.15) is 5.26 Å². The molecule has 3 aromatic rings. The van der Waals surface area contributed by atoms with Gasteiger partial charge in [-0.05, 0) is 18.6 Å². The zero-order chi connectivity index (χ0) is 16.2. The molecule has 1 amide bonds. The summed E-state index contributed by atoms with van der Waals surface area (Å²) in [7, 11) is 0. The first-order valence-corrected chi connectivity index (χ1v) is 6.83. The van der Waals surface area contributed by atoms with Crippen LogP contribution < -0.4 is 5.73 Å². The summed E-state index contributed by atoms with van der Waals surface area (Å²) in [6.07, 6.45) is 6.92. The van der Waals surface area contributed by atoms with Crippen LogP contribution in [0.1, 0.15) is 5.56 Å². The maximum absolute atomic E-state index is 11.1. The molecule has 0 atom stereocenters. The largest absolute Gasteiger partial charge is 0.365 e. The third kappa shape index (κ3) is 2.91. The molecule has 0 aromatic carbocycles. The number of rotatable bonds is 4. The van der Waals surface area contributed by atoms with Crippen molar-refractivity contribution in [3.05, 3.63) is 54.0 Å². The van der Waals surface area contributed by atoms with Crippen LogP contribution in [-0.4, -0.2) is 25.8 Å². The van der Waals surface area contributed by atoms with Crippen LogP contribution in [0.3, 0.4) is 0 Å². The minimum atomic E-state index is -0.743. The molecule has 3 heterocycles. The number of nitrogens with two attached hydrogens (primary N) is 1. The molecule has 0 aliphatic rings. The lowest BCUT2D eigenvalue weighted by molar-refractivity contribution is -0.114. The van der Waals surface area contributed by atoms with E-state index >= 15 is 0 Å². The van der Waals surface area contributed by atoms with Gasteiger partial charge in [0.1, 0.15) is 22.9 Å². The average Bonchev–Trinajstić information content (AvgIpc) is 2.98. The predicted octanol–water partition coefficient (Wildman–Crippen LogP) is 1.50. The summed E-state index contributed by atoms with van der Waals surface area (Å²) in [5, 5.41) is 8.87. The Morgan fingerprint density at radius 3 is 2.91 bits per heavy atom. The summed E-state index contributed by atoms with van der Waals surface area (Å²) >= 11 is 0. The summed E-state index contributed by atoms with van der Waals surface area (Å²) in [6, 6.07) is 7.33. The molecule has 0 aliphatic carbocycles. The zero-order valence-corrected chi connectivity index (χ0v) is 12.0. The third-order valence-corrected chi connectivity index (χ3v) is 3.30. The van der Waals surface area contributed by atoms with Gasteiger partial charge in [-0.25, -0.2) is 9.97 Å². The Bertz CT molecular complexity index is 936. The number of nitrogens with zero attached hydrogens (tertiary/aromatic N) is 4. The van der Waals surface area contributed by atoms with Gasteiger partial charge in [0.2, 0.25) is 0 Å². The summed E-state index contributed by atoms with van der Waals surface area (Å²) in [5.41, 5.74) is 8.54. The number of aromatic nitrogens is 4. The SMILES string of the molecule is N#CC(=CCc1c[nH]c2ncc(-c3ccccn3)nc12)C(N)=O. The van der Waals surface area contributed by atoms with Crippen LogP contribution in [0.25, 0.3) is 22.6 Å². The van der Waals surface area contributed by atoms with Crippen molar-refractivity contribution < 1.29 is 4.79 Å². The average molecular weight is 304 g/mol. The maximum atomic E-state index is 11.1. The van der Waals surface area contributed by atoms with Crippen molar-refractivity contribution in [3.63, 3.8) is 0 Å². The fraction of sp³-hybridized carbons (Fsp3) is 0.0625. The van der Waals surface area contributed by atoms with Gasteiger partial charge in [0.05, 0.1) is 11.9 Å². The number of carbonyl (C=O) groups is 1. The number of hydrogen-bond donors (Lipinski definition) is 2. The Kier molecular flexibility index (Phi) is 3.80. The van der Waals surface area contributed by atoms with E-state index in [0.717, 1.165) is 11.3 Å². The summed E-state index contributed by atoms with van der Waals surface area (Å²) in [4.78, 5) is 27.2. The van der Waals surface area contributed by atoms with Crippen molar-refractivity contribution in [2.45, 2.75) is 6.42 Å². The molecule has 23 heavy (non-hydrogen) atoms. The van der Waals surface area contributed by atoms with E-state index in [-0.39, 0.29) is 5.57 Å². The van der Waals surface area contributed by atoms with Gasteiger partial charge in [0, 0.05) is 18.0 Å². The first kappa shape index (κ1) is 14.4. The minimum Gasteiger partial charge on any atom is -0.365 e. The predicted molar refractivity (Wildman–Crippen MR) is 83.7 cm³/mol. The number of allylic oxidation sites excluding steroid dienone is 1. The smallest absolute Gasteiger partial charge is 0.259 e. The Hall–Kier alpha value is -3.53.